The molecule has 6 nitrogen and oxygen atoms in total. The number of rotatable bonds is 5. The van der Waals surface area contributed by atoms with Crippen molar-refractivity contribution in [2.24, 2.45) is 0 Å². The number of aryl methyl sites for hydroxylation is 1. The van der Waals surface area contributed by atoms with E-state index in [0.717, 1.165) is 11.3 Å². The van der Waals surface area contributed by atoms with Gasteiger partial charge in [0.25, 0.3) is 0 Å². The lowest BCUT2D eigenvalue weighted by Crippen LogP contribution is -2.04. The lowest BCUT2D eigenvalue weighted by Gasteiger charge is -2.12. The summed E-state index contributed by atoms with van der Waals surface area (Å²) in [6.07, 6.45) is 1.40. The first kappa shape index (κ1) is 16.7. The van der Waals surface area contributed by atoms with Gasteiger partial charge in [0.05, 0.1) is 11.3 Å². The number of hydrogen-bond donors (Lipinski definition) is 3. The van der Waals surface area contributed by atoms with Crippen LogP contribution in [-0.2, 0) is 0 Å². The van der Waals surface area contributed by atoms with Crippen LogP contribution >= 0.6 is 11.6 Å². The average molecular weight is 355 g/mol. The van der Waals surface area contributed by atoms with Crippen molar-refractivity contribution < 1.29 is 9.90 Å². The molecule has 0 aliphatic rings. The zero-order chi connectivity index (χ0) is 17.8. The van der Waals surface area contributed by atoms with Gasteiger partial charge in [-0.2, -0.15) is 0 Å². The first-order valence-electron chi connectivity index (χ1n) is 7.47. The number of carboxylic acids is 1. The first-order chi connectivity index (χ1) is 12.0. The second-order valence-corrected chi connectivity index (χ2v) is 5.78. The van der Waals surface area contributed by atoms with E-state index in [-0.39, 0.29) is 5.56 Å². The zero-order valence-electron chi connectivity index (χ0n) is 13.3. The molecule has 3 aromatic rings. The molecule has 0 fully saturated rings. The number of para-hydroxylation sites is 1. The predicted molar refractivity (Wildman–Crippen MR) is 98.2 cm³/mol. The van der Waals surface area contributed by atoms with Gasteiger partial charge in [-0.3, -0.25) is 0 Å². The van der Waals surface area contributed by atoms with E-state index in [1.54, 1.807) is 24.3 Å². The Morgan fingerprint density at radius 3 is 2.40 bits per heavy atom. The van der Waals surface area contributed by atoms with Gasteiger partial charge in [0, 0.05) is 16.8 Å². The summed E-state index contributed by atoms with van der Waals surface area (Å²) in [5.41, 5.74) is 2.48. The third kappa shape index (κ3) is 4.05. The summed E-state index contributed by atoms with van der Waals surface area (Å²) in [4.78, 5) is 19.6. The van der Waals surface area contributed by atoms with Gasteiger partial charge in [-0.1, -0.05) is 29.8 Å². The highest BCUT2D eigenvalue weighted by Gasteiger charge is 2.10. The van der Waals surface area contributed by atoms with Gasteiger partial charge in [-0.25, -0.2) is 14.8 Å². The molecule has 0 radical (unpaired) electrons. The van der Waals surface area contributed by atoms with Crippen LogP contribution in [0.15, 0.2) is 54.9 Å². The second-order valence-electron chi connectivity index (χ2n) is 5.35. The SMILES string of the molecule is Cc1ccc(Cl)cc1Nc1cc(Nc2ccccc2C(=O)O)ncn1. The summed E-state index contributed by atoms with van der Waals surface area (Å²) in [5, 5.41) is 16.1. The van der Waals surface area contributed by atoms with Crippen molar-refractivity contribution >= 4 is 40.6 Å². The summed E-state index contributed by atoms with van der Waals surface area (Å²) >= 11 is 6.03. The van der Waals surface area contributed by atoms with Crippen LogP contribution in [0.2, 0.25) is 5.02 Å². The smallest absolute Gasteiger partial charge is 0.337 e. The average Bonchev–Trinajstić information content (AvgIpc) is 2.59. The minimum Gasteiger partial charge on any atom is -0.478 e. The molecule has 0 amide bonds. The number of aromatic nitrogens is 2. The molecular weight excluding hydrogens is 340 g/mol. The molecule has 0 saturated heterocycles. The Kier molecular flexibility index (Phi) is 4.81. The number of hydrogen-bond acceptors (Lipinski definition) is 5. The number of halogens is 1. The van der Waals surface area contributed by atoms with Gasteiger partial charge >= 0.3 is 5.97 Å². The zero-order valence-corrected chi connectivity index (χ0v) is 14.1. The Labute approximate surface area is 149 Å². The lowest BCUT2D eigenvalue weighted by atomic mass is 10.2. The Morgan fingerprint density at radius 1 is 1.00 bits per heavy atom. The molecule has 0 atom stereocenters. The van der Waals surface area contributed by atoms with E-state index in [2.05, 4.69) is 20.6 Å². The van der Waals surface area contributed by atoms with E-state index in [4.69, 9.17) is 11.6 Å². The third-order valence-electron chi connectivity index (χ3n) is 3.55. The van der Waals surface area contributed by atoms with Crippen molar-refractivity contribution in [3.05, 3.63) is 71.0 Å². The summed E-state index contributed by atoms with van der Waals surface area (Å²) in [5.74, 6) is 0.0339. The number of carboxylic acid groups (broad SMARTS) is 1. The first-order valence-corrected chi connectivity index (χ1v) is 7.85. The molecule has 0 aliphatic heterocycles. The van der Waals surface area contributed by atoms with Crippen molar-refractivity contribution in [1.29, 1.82) is 0 Å². The number of anilines is 4. The van der Waals surface area contributed by atoms with Crippen molar-refractivity contribution in [2.45, 2.75) is 6.92 Å². The topological polar surface area (TPSA) is 87.1 Å². The molecular formula is C18H15ClN4O2. The molecule has 1 heterocycles. The van der Waals surface area contributed by atoms with Gasteiger partial charge in [0.1, 0.15) is 18.0 Å². The van der Waals surface area contributed by atoms with E-state index in [0.29, 0.717) is 22.3 Å². The molecule has 126 valence electrons. The fourth-order valence-corrected chi connectivity index (χ4v) is 2.45. The van der Waals surface area contributed by atoms with E-state index in [1.807, 2.05) is 25.1 Å². The standard InChI is InChI=1S/C18H15ClN4O2/c1-11-6-7-12(19)8-15(11)23-17-9-16(20-10-21-17)22-14-5-3-2-4-13(14)18(24)25/h2-10H,1H3,(H,24,25)(H2,20,21,22,23). The second kappa shape index (κ2) is 7.19. The van der Waals surface area contributed by atoms with E-state index in [9.17, 15) is 9.90 Å². The molecule has 25 heavy (non-hydrogen) atoms. The molecule has 3 rings (SSSR count). The molecule has 0 unspecified atom stereocenters. The minimum atomic E-state index is -1.01. The van der Waals surface area contributed by atoms with Gasteiger partial charge in [0.15, 0.2) is 0 Å². The van der Waals surface area contributed by atoms with Crippen molar-refractivity contribution in [2.75, 3.05) is 10.6 Å². The lowest BCUT2D eigenvalue weighted by molar-refractivity contribution is 0.0698. The molecule has 0 saturated carbocycles. The van der Waals surface area contributed by atoms with Crippen LogP contribution < -0.4 is 10.6 Å². The minimum absolute atomic E-state index is 0.168. The molecule has 2 aromatic carbocycles. The van der Waals surface area contributed by atoms with Crippen LogP contribution in [0, 0.1) is 6.92 Å². The van der Waals surface area contributed by atoms with Crippen LogP contribution in [0.5, 0.6) is 0 Å². The number of carbonyl (C=O) groups is 1. The Morgan fingerprint density at radius 2 is 1.68 bits per heavy atom. The quantitative estimate of drug-likeness (QED) is 0.619. The van der Waals surface area contributed by atoms with Crippen LogP contribution in [0.3, 0.4) is 0 Å². The van der Waals surface area contributed by atoms with E-state index in [1.165, 1.54) is 12.4 Å². The predicted octanol–water partition coefficient (Wildman–Crippen LogP) is 4.62. The highest BCUT2D eigenvalue weighted by molar-refractivity contribution is 6.30. The van der Waals surface area contributed by atoms with Crippen molar-refractivity contribution in [3.8, 4) is 0 Å². The largest absolute Gasteiger partial charge is 0.478 e. The van der Waals surface area contributed by atoms with Crippen molar-refractivity contribution in [3.63, 3.8) is 0 Å². The van der Waals surface area contributed by atoms with Gasteiger partial charge < -0.3 is 15.7 Å². The normalized spacial score (nSPS) is 10.3. The molecule has 0 bridgehead atoms. The number of aromatic carboxylic acids is 1. The summed E-state index contributed by atoms with van der Waals surface area (Å²) in [7, 11) is 0. The Bertz CT molecular complexity index is 930. The monoisotopic (exact) mass is 354 g/mol. The fraction of sp³-hybridized carbons (Fsp3) is 0.0556. The Hall–Kier alpha value is -3.12. The van der Waals surface area contributed by atoms with Crippen LogP contribution in [-0.4, -0.2) is 21.0 Å². The summed E-state index contributed by atoms with van der Waals surface area (Å²) in [6.45, 7) is 1.96. The van der Waals surface area contributed by atoms with Gasteiger partial charge in [0.2, 0.25) is 0 Å². The van der Waals surface area contributed by atoms with Gasteiger partial charge in [-0.15, -0.1) is 0 Å². The van der Waals surface area contributed by atoms with Crippen LogP contribution in [0.4, 0.5) is 23.0 Å². The fourth-order valence-electron chi connectivity index (χ4n) is 2.28. The highest BCUT2D eigenvalue weighted by atomic mass is 35.5. The van der Waals surface area contributed by atoms with E-state index < -0.39 is 5.97 Å². The van der Waals surface area contributed by atoms with E-state index >= 15 is 0 Å². The maximum atomic E-state index is 11.3. The highest BCUT2D eigenvalue weighted by Crippen LogP contribution is 2.25. The molecule has 1 aromatic heterocycles. The number of nitrogens with one attached hydrogen (secondary N) is 2. The molecule has 0 spiro atoms. The maximum absolute atomic E-state index is 11.3. The number of benzene rings is 2. The van der Waals surface area contributed by atoms with Crippen LogP contribution in [0.1, 0.15) is 15.9 Å². The maximum Gasteiger partial charge on any atom is 0.337 e. The Balaban J connectivity index is 1.85. The summed E-state index contributed by atoms with van der Waals surface area (Å²) in [6, 6.07) is 13.9. The van der Waals surface area contributed by atoms with Crippen LogP contribution in [0.25, 0.3) is 0 Å². The molecule has 7 heteroatoms. The molecule has 0 aliphatic carbocycles. The van der Waals surface area contributed by atoms with Crippen molar-refractivity contribution in [1.82, 2.24) is 9.97 Å². The number of nitrogens with zero attached hydrogens (tertiary/aromatic N) is 2. The summed E-state index contributed by atoms with van der Waals surface area (Å²) < 4.78 is 0. The molecule has 3 N–H and O–H groups in total. The third-order valence-corrected chi connectivity index (χ3v) is 3.78. The van der Waals surface area contributed by atoms with Gasteiger partial charge in [-0.05, 0) is 36.8 Å².